The van der Waals surface area contributed by atoms with Gasteiger partial charge in [-0.05, 0) is 25.0 Å². The molecule has 6 rings (SSSR count). The highest BCUT2D eigenvalue weighted by molar-refractivity contribution is 5.79. The molecule has 0 unspecified atom stereocenters. The molecule has 2 saturated heterocycles. The number of rotatable bonds is 7. The molecule has 2 fully saturated rings. The number of imidazole rings is 1. The predicted octanol–water partition coefficient (Wildman–Crippen LogP) is 2.30. The number of nitrogens with one attached hydrogen (secondary N) is 1. The molecule has 4 aromatic rings. The summed E-state index contributed by atoms with van der Waals surface area (Å²) < 4.78 is 19.9. The second kappa shape index (κ2) is 11.5. The first-order chi connectivity index (χ1) is 20.0. The lowest BCUT2D eigenvalue weighted by Gasteiger charge is -2.36. The number of hydrogen-bond donors (Lipinski definition) is 1. The van der Waals surface area contributed by atoms with Crippen molar-refractivity contribution >= 4 is 23.1 Å². The zero-order chi connectivity index (χ0) is 28.3. The van der Waals surface area contributed by atoms with Crippen molar-refractivity contribution in [1.82, 2.24) is 38.9 Å². The summed E-state index contributed by atoms with van der Waals surface area (Å²) in [4.78, 5) is 32.1. The third kappa shape index (κ3) is 5.55. The van der Waals surface area contributed by atoms with Crippen LogP contribution in [0.2, 0.25) is 0 Å². The molecule has 0 radical (unpaired) electrons. The molecular formula is C28H32FN11O. The summed E-state index contributed by atoms with van der Waals surface area (Å²) in [6.07, 6.45) is 8.62. The lowest BCUT2D eigenvalue weighted by molar-refractivity contribution is -0.131. The molecule has 6 heterocycles. The van der Waals surface area contributed by atoms with Gasteiger partial charge in [0.1, 0.15) is 12.2 Å². The maximum Gasteiger partial charge on any atom is 0.236 e. The van der Waals surface area contributed by atoms with E-state index in [9.17, 15) is 4.79 Å². The van der Waals surface area contributed by atoms with Crippen molar-refractivity contribution in [3.8, 4) is 17.5 Å². The number of carbonyl (C=O) groups is 1. The van der Waals surface area contributed by atoms with E-state index in [1.807, 2.05) is 53.2 Å². The van der Waals surface area contributed by atoms with Crippen LogP contribution in [0.3, 0.4) is 0 Å². The zero-order valence-electron chi connectivity index (χ0n) is 22.9. The molecule has 1 N–H and O–H groups in total. The molecule has 13 heteroatoms. The highest BCUT2D eigenvalue weighted by Gasteiger charge is 2.29. The quantitative estimate of drug-likeness (QED) is 0.365. The third-order valence-corrected chi connectivity index (χ3v) is 7.80. The number of carbonyl (C=O) groups excluding carboxylic acids is 1. The van der Waals surface area contributed by atoms with Crippen molar-refractivity contribution in [3.05, 3.63) is 54.6 Å². The van der Waals surface area contributed by atoms with E-state index in [4.69, 9.17) is 10.2 Å². The molecule has 41 heavy (non-hydrogen) atoms. The Kier molecular flexibility index (Phi) is 7.47. The van der Waals surface area contributed by atoms with Crippen molar-refractivity contribution in [3.63, 3.8) is 0 Å². The van der Waals surface area contributed by atoms with Crippen LogP contribution in [0.4, 0.5) is 16.0 Å². The highest BCUT2D eigenvalue weighted by Crippen LogP contribution is 2.31. The van der Waals surface area contributed by atoms with Gasteiger partial charge in [0.15, 0.2) is 17.5 Å². The largest absolute Gasteiger partial charge is 0.363 e. The molecule has 4 aromatic heterocycles. The second-order valence-electron chi connectivity index (χ2n) is 10.5. The summed E-state index contributed by atoms with van der Waals surface area (Å²) in [6, 6.07) is 7.46. The second-order valence-corrected chi connectivity index (χ2v) is 10.5. The molecule has 2 aliphatic rings. The van der Waals surface area contributed by atoms with Crippen LogP contribution in [0, 0.1) is 17.1 Å². The Balaban J connectivity index is 1.28. The van der Waals surface area contributed by atoms with E-state index < -0.39 is 5.82 Å². The number of anilines is 2. The van der Waals surface area contributed by atoms with E-state index >= 15 is 4.39 Å². The molecule has 1 atom stereocenters. The molecule has 0 bridgehead atoms. The van der Waals surface area contributed by atoms with Gasteiger partial charge in [-0.2, -0.15) is 14.8 Å². The summed E-state index contributed by atoms with van der Waals surface area (Å²) in [7, 11) is 1.98. The molecule has 0 aromatic carbocycles. The van der Waals surface area contributed by atoms with Crippen molar-refractivity contribution in [2.45, 2.75) is 31.8 Å². The normalized spacial score (nSPS) is 18.0. The van der Waals surface area contributed by atoms with E-state index in [0.717, 1.165) is 43.8 Å². The molecule has 1 amide bonds. The number of nitriles is 1. The minimum Gasteiger partial charge on any atom is -0.363 e. The minimum absolute atomic E-state index is 0.107. The van der Waals surface area contributed by atoms with Gasteiger partial charge in [-0.1, -0.05) is 6.07 Å². The number of piperazine rings is 1. The predicted molar refractivity (Wildman–Crippen MR) is 150 cm³/mol. The summed E-state index contributed by atoms with van der Waals surface area (Å²) in [6.45, 7) is 4.39. The van der Waals surface area contributed by atoms with Gasteiger partial charge in [0, 0.05) is 70.9 Å². The average Bonchev–Trinajstić information content (AvgIpc) is 3.61. The number of nitrogens with zero attached hydrogens (tertiary/aromatic N) is 10. The third-order valence-electron chi connectivity index (χ3n) is 7.80. The SMILES string of the molecule is Cn1ccnc1CN1CCN(c2nc(-c3cnn4ccccc34)nc(N[C@@H]3CCCN(C(=O)CC#N)C3)c2F)CC1. The fourth-order valence-corrected chi connectivity index (χ4v) is 5.53. The van der Waals surface area contributed by atoms with Crippen LogP contribution in [-0.2, 0) is 18.4 Å². The van der Waals surface area contributed by atoms with Gasteiger partial charge in [0.25, 0.3) is 0 Å². The van der Waals surface area contributed by atoms with Crippen LogP contribution in [0.15, 0.2) is 43.0 Å². The van der Waals surface area contributed by atoms with Gasteiger partial charge in [-0.15, -0.1) is 0 Å². The highest BCUT2D eigenvalue weighted by atomic mass is 19.1. The molecule has 12 nitrogen and oxygen atoms in total. The smallest absolute Gasteiger partial charge is 0.236 e. The molecular weight excluding hydrogens is 525 g/mol. The van der Waals surface area contributed by atoms with E-state index in [2.05, 4.69) is 25.3 Å². The van der Waals surface area contributed by atoms with Gasteiger partial charge in [0.05, 0.1) is 29.9 Å². The van der Waals surface area contributed by atoms with Crippen LogP contribution in [0.25, 0.3) is 16.9 Å². The number of piperidine rings is 1. The fourth-order valence-electron chi connectivity index (χ4n) is 5.53. The van der Waals surface area contributed by atoms with Crippen LogP contribution in [0.5, 0.6) is 0 Å². The summed E-state index contributed by atoms with van der Waals surface area (Å²) in [5.41, 5.74) is 1.53. The van der Waals surface area contributed by atoms with Gasteiger partial charge in [-0.3, -0.25) is 9.69 Å². The van der Waals surface area contributed by atoms with Crippen LogP contribution >= 0.6 is 0 Å². The standard InChI is InChI=1S/C28H32FN11O/c1-36-12-9-31-23(36)19-37-13-15-38(16-14-37)28-25(29)27(33-20-5-4-10-39(18-20)24(41)7-8-30)34-26(35-28)21-17-32-40-11-3-2-6-22(21)40/h2-3,6,9,11-12,17,20H,4-5,7,10,13-16,18-19H2,1H3,(H,33,34,35)/t20-/m1/s1. The van der Waals surface area contributed by atoms with Crippen molar-refractivity contribution < 1.29 is 9.18 Å². The van der Waals surface area contributed by atoms with Crippen molar-refractivity contribution in [2.24, 2.45) is 7.05 Å². The number of hydrogen-bond acceptors (Lipinski definition) is 9. The van der Waals surface area contributed by atoms with Gasteiger partial charge in [-0.25, -0.2) is 19.5 Å². The number of likely N-dealkylation sites (tertiary alicyclic amines) is 1. The Bertz CT molecular complexity index is 1580. The lowest BCUT2D eigenvalue weighted by Crippen LogP contribution is -2.47. The number of halogens is 1. The summed E-state index contributed by atoms with van der Waals surface area (Å²) in [5, 5.41) is 16.7. The lowest BCUT2D eigenvalue weighted by atomic mass is 10.1. The molecule has 0 saturated carbocycles. The number of fused-ring (bicyclic) bond motifs is 1. The Labute approximate surface area is 237 Å². The fraction of sp³-hybridized carbons (Fsp3) is 0.429. The zero-order valence-corrected chi connectivity index (χ0v) is 22.9. The van der Waals surface area contributed by atoms with Gasteiger partial charge < -0.3 is 19.7 Å². The first-order valence-corrected chi connectivity index (χ1v) is 13.8. The van der Waals surface area contributed by atoms with E-state index in [1.165, 1.54) is 0 Å². The van der Waals surface area contributed by atoms with Crippen LogP contribution in [-0.4, -0.2) is 90.2 Å². The van der Waals surface area contributed by atoms with E-state index in [-0.39, 0.29) is 30.0 Å². The van der Waals surface area contributed by atoms with Crippen LogP contribution in [0.1, 0.15) is 25.1 Å². The van der Waals surface area contributed by atoms with Gasteiger partial charge in [0.2, 0.25) is 11.7 Å². The maximum atomic E-state index is 16.2. The first kappa shape index (κ1) is 26.6. The number of amides is 1. The first-order valence-electron chi connectivity index (χ1n) is 13.8. The molecule has 212 valence electrons. The van der Waals surface area contributed by atoms with Crippen molar-refractivity contribution in [1.29, 1.82) is 5.26 Å². The van der Waals surface area contributed by atoms with Crippen LogP contribution < -0.4 is 10.2 Å². The minimum atomic E-state index is -0.511. The summed E-state index contributed by atoms with van der Waals surface area (Å²) >= 11 is 0. The number of aromatic nitrogens is 6. The van der Waals surface area contributed by atoms with Crippen molar-refractivity contribution in [2.75, 3.05) is 49.5 Å². The number of aryl methyl sites for hydroxylation is 1. The van der Waals surface area contributed by atoms with Gasteiger partial charge >= 0.3 is 0 Å². The average molecular weight is 558 g/mol. The molecule has 2 aliphatic heterocycles. The maximum absolute atomic E-state index is 16.2. The van der Waals surface area contributed by atoms with E-state index in [0.29, 0.717) is 37.6 Å². The monoisotopic (exact) mass is 557 g/mol. The topological polar surface area (TPSA) is 124 Å². The molecule has 0 aliphatic carbocycles. The Morgan fingerprint density at radius 1 is 1.17 bits per heavy atom. The molecule has 0 spiro atoms. The number of pyridine rings is 1. The summed E-state index contributed by atoms with van der Waals surface area (Å²) in [5.74, 6) is 1.01. The Morgan fingerprint density at radius 3 is 2.80 bits per heavy atom. The Morgan fingerprint density at radius 2 is 2.02 bits per heavy atom. The van der Waals surface area contributed by atoms with E-state index in [1.54, 1.807) is 21.8 Å². The Hall–Kier alpha value is -4.57.